The van der Waals surface area contributed by atoms with Crippen molar-refractivity contribution in [2.24, 2.45) is 5.73 Å². The topological polar surface area (TPSA) is 35.2 Å². The highest BCUT2D eigenvalue weighted by molar-refractivity contribution is 7.80. The van der Waals surface area contributed by atoms with Crippen LogP contribution in [-0.4, -0.2) is 11.6 Å². The smallest absolute Gasteiger partial charge is 0.123 e. The number of halogens is 1. The van der Waals surface area contributed by atoms with E-state index in [4.69, 9.17) is 34.3 Å². The maximum atomic E-state index is 6.25. The van der Waals surface area contributed by atoms with Crippen LogP contribution in [0.15, 0.2) is 6.07 Å². The monoisotopic (exact) mass is 271 g/mol. The number of hydrogen-bond acceptors (Lipinski definition) is 2. The maximum absolute atomic E-state index is 6.25. The molecule has 0 unspecified atom stereocenters. The fraction of sp³-hybridized carbons (Fsp3) is 0.462. The largest absolute Gasteiger partial charge is 0.494 e. The molecule has 0 aromatic heterocycles. The molecule has 2 nitrogen and oxygen atoms in total. The number of hydrogen-bond donors (Lipinski definition) is 1. The zero-order valence-corrected chi connectivity index (χ0v) is 12.0. The summed E-state index contributed by atoms with van der Waals surface area (Å²) in [6.45, 7) is 6.60. The molecule has 0 radical (unpaired) electrons. The summed E-state index contributed by atoms with van der Waals surface area (Å²) >= 11 is 11.2. The molecule has 0 fully saturated rings. The van der Waals surface area contributed by atoms with E-state index in [1.807, 2.05) is 26.8 Å². The Bertz CT molecular complexity index is 432. The summed E-state index contributed by atoms with van der Waals surface area (Å²) in [7, 11) is 0. The van der Waals surface area contributed by atoms with Crippen molar-refractivity contribution in [1.82, 2.24) is 0 Å². The molecular formula is C13H18ClNOS. The van der Waals surface area contributed by atoms with Crippen molar-refractivity contribution in [2.45, 2.75) is 33.6 Å². The Labute approximate surface area is 113 Å². The summed E-state index contributed by atoms with van der Waals surface area (Å²) in [5.74, 6) is 0.892. The van der Waals surface area contributed by atoms with Crippen LogP contribution in [0, 0.1) is 13.8 Å². The number of ether oxygens (including phenoxy) is 1. The standard InChI is InChI=1S/C13H18ClNOS/c1-4-16-11-7-8(2)13(14)9(3)10(11)5-6-12(15)17/h7H,4-6H2,1-3H3,(H2,15,17). The van der Waals surface area contributed by atoms with Crippen molar-refractivity contribution in [3.63, 3.8) is 0 Å². The molecule has 0 heterocycles. The lowest BCUT2D eigenvalue weighted by Gasteiger charge is -2.16. The highest BCUT2D eigenvalue weighted by Crippen LogP contribution is 2.32. The summed E-state index contributed by atoms with van der Waals surface area (Å²) in [6, 6.07) is 1.98. The van der Waals surface area contributed by atoms with Crippen molar-refractivity contribution in [2.75, 3.05) is 6.61 Å². The lowest BCUT2D eigenvalue weighted by Crippen LogP contribution is -2.10. The van der Waals surface area contributed by atoms with E-state index in [-0.39, 0.29) is 0 Å². The average molecular weight is 272 g/mol. The van der Waals surface area contributed by atoms with Gasteiger partial charge in [-0.1, -0.05) is 23.8 Å². The van der Waals surface area contributed by atoms with Crippen LogP contribution in [-0.2, 0) is 6.42 Å². The molecule has 0 aliphatic carbocycles. The first-order chi connectivity index (χ1) is 7.97. The second-order valence-electron chi connectivity index (χ2n) is 4.01. The van der Waals surface area contributed by atoms with Crippen LogP contribution in [0.1, 0.15) is 30.0 Å². The molecule has 1 rings (SSSR count). The van der Waals surface area contributed by atoms with E-state index in [9.17, 15) is 0 Å². The van der Waals surface area contributed by atoms with Crippen molar-refractivity contribution >= 4 is 28.8 Å². The Kier molecular flexibility index (Phi) is 5.22. The van der Waals surface area contributed by atoms with Gasteiger partial charge >= 0.3 is 0 Å². The van der Waals surface area contributed by atoms with Gasteiger partial charge in [0, 0.05) is 11.4 Å². The van der Waals surface area contributed by atoms with Crippen LogP contribution in [0.2, 0.25) is 5.02 Å². The van der Waals surface area contributed by atoms with Gasteiger partial charge in [-0.2, -0.15) is 0 Å². The quantitative estimate of drug-likeness (QED) is 0.832. The van der Waals surface area contributed by atoms with Gasteiger partial charge in [0.05, 0.1) is 11.6 Å². The first-order valence-electron chi connectivity index (χ1n) is 5.67. The zero-order chi connectivity index (χ0) is 13.0. The minimum atomic E-state index is 0.517. The first kappa shape index (κ1) is 14.3. The first-order valence-corrected chi connectivity index (χ1v) is 6.45. The normalized spacial score (nSPS) is 10.4. The predicted octanol–water partition coefficient (Wildman–Crippen LogP) is 3.57. The van der Waals surface area contributed by atoms with Crippen molar-refractivity contribution < 1.29 is 4.74 Å². The molecule has 2 N–H and O–H groups in total. The molecule has 0 saturated carbocycles. The molecule has 1 aromatic carbocycles. The van der Waals surface area contributed by atoms with E-state index in [2.05, 4.69) is 0 Å². The molecule has 0 saturated heterocycles. The zero-order valence-electron chi connectivity index (χ0n) is 10.5. The second-order valence-corrected chi connectivity index (χ2v) is 4.91. The Balaban J connectivity index is 3.13. The van der Waals surface area contributed by atoms with Gasteiger partial charge in [-0.25, -0.2) is 0 Å². The molecule has 0 aliphatic heterocycles. The number of rotatable bonds is 5. The lowest BCUT2D eigenvalue weighted by atomic mass is 10.00. The molecule has 4 heteroatoms. The van der Waals surface area contributed by atoms with Gasteiger partial charge < -0.3 is 10.5 Å². The molecule has 1 aromatic rings. The minimum Gasteiger partial charge on any atom is -0.494 e. The molecule has 17 heavy (non-hydrogen) atoms. The summed E-state index contributed by atoms with van der Waals surface area (Å²) in [6.07, 6.45) is 1.45. The van der Waals surface area contributed by atoms with Crippen molar-refractivity contribution in [1.29, 1.82) is 0 Å². The van der Waals surface area contributed by atoms with Gasteiger partial charge in [0.2, 0.25) is 0 Å². The van der Waals surface area contributed by atoms with Crippen molar-refractivity contribution in [3.05, 3.63) is 27.8 Å². The highest BCUT2D eigenvalue weighted by Gasteiger charge is 2.13. The summed E-state index contributed by atoms with van der Waals surface area (Å²) in [5.41, 5.74) is 8.74. The molecule has 0 aliphatic rings. The van der Waals surface area contributed by atoms with Crippen LogP contribution in [0.5, 0.6) is 5.75 Å². The third-order valence-electron chi connectivity index (χ3n) is 2.69. The maximum Gasteiger partial charge on any atom is 0.123 e. The van der Waals surface area contributed by atoms with Gasteiger partial charge in [-0.05, 0) is 49.9 Å². The van der Waals surface area contributed by atoms with Gasteiger partial charge in [-0.3, -0.25) is 0 Å². The molecule has 94 valence electrons. The lowest BCUT2D eigenvalue weighted by molar-refractivity contribution is 0.336. The van der Waals surface area contributed by atoms with Crippen LogP contribution in [0.25, 0.3) is 0 Å². The van der Waals surface area contributed by atoms with Crippen LogP contribution < -0.4 is 10.5 Å². The molecule has 0 bridgehead atoms. The Morgan fingerprint density at radius 2 is 2.12 bits per heavy atom. The predicted molar refractivity (Wildman–Crippen MR) is 77.2 cm³/mol. The molecule has 0 amide bonds. The van der Waals surface area contributed by atoms with Gasteiger partial charge in [0.15, 0.2) is 0 Å². The number of nitrogens with two attached hydrogens (primary N) is 1. The number of thiocarbonyl (C=S) groups is 1. The van der Waals surface area contributed by atoms with Crippen LogP contribution in [0.3, 0.4) is 0 Å². The Morgan fingerprint density at radius 1 is 1.47 bits per heavy atom. The fourth-order valence-corrected chi connectivity index (χ4v) is 2.07. The minimum absolute atomic E-state index is 0.517. The average Bonchev–Trinajstić information content (AvgIpc) is 2.26. The Morgan fingerprint density at radius 3 is 2.65 bits per heavy atom. The molecule has 0 atom stereocenters. The van der Waals surface area contributed by atoms with E-state index < -0.39 is 0 Å². The summed E-state index contributed by atoms with van der Waals surface area (Å²) < 4.78 is 5.64. The van der Waals surface area contributed by atoms with E-state index in [0.717, 1.165) is 33.9 Å². The third kappa shape index (κ3) is 3.58. The molecule has 0 spiro atoms. The summed E-state index contributed by atoms with van der Waals surface area (Å²) in [5, 5.41) is 0.798. The highest BCUT2D eigenvalue weighted by atomic mass is 35.5. The summed E-state index contributed by atoms with van der Waals surface area (Å²) in [4.78, 5) is 0.517. The van der Waals surface area contributed by atoms with Crippen LogP contribution >= 0.6 is 23.8 Å². The third-order valence-corrected chi connectivity index (χ3v) is 3.48. The van der Waals surface area contributed by atoms with Crippen LogP contribution in [0.4, 0.5) is 0 Å². The second kappa shape index (κ2) is 6.22. The van der Waals surface area contributed by atoms with Gasteiger partial charge in [-0.15, -0.1) is 0 Å². The van der Waals surface area contributed by atoms with E-state index in [1.54, 1.807) is 0 Å². The van der Waals surface area contributed by atoms with Gasteiger partial charge in [0.1, 0.15) is 5.75 Å². The van der Waals surface area contributed by atoms with Gasteiger partial charge in [0.25, 0.3) is 0 Å². The number of aryl methyl sites for hydroxylation is 1. The van der Waals surface area contributed by atoms with E-state index >= 15 is 0 Å². The Hall–Kier alpha value is -0.800. The van der Waals surface area contributed by atoms with E-state index in [0.29, 0.717) is 18.0 Å². The molecular weight excluding hydrogens is 254 g/mol. The van der Waals surface area contributed by atoms with Crippen molar-refractivity contribution in [3.8, 4) is 5.75 Å². The number of benzene rings is 1. The SMILES string of the molecule is CCOc1cc(C)c(Cl)c(C)c1CCC(N)=S. The van der Waals surface area contributed by atoms with E-state index in [1.165, 1.54) is 0 Å². The fourth-order valence-electron chi connectivity index (χ4n) is 1.80.